The fourth-order valence-corrected chi connectivity index (χ4v) is 3.27. The van der Waals surface area contributed by atoms with E-state index in [2.05, 4.69) is 33.1 Å². The van der Waals surface area contributed by atoms with Gasteiger partial charge >= 0.3 is 0 Å². The summed E-state index contributed by atoms with van der Waals surface area (Å²) in [7, 11) is 0. The summed E-state index contributed by atoms with van der Waals surface area (Å²) in [5.74, 6) is -0.508. The maximum absolute atomic E-state index is 13.0. The van der Waals surface area contributed by atoms with Gasteiger partial charge in [-0.05, 0) is 66.9 Å². The van der Waals surface area contributed by atoms with Crippen LogP contribution < -0.4 is 5.32 Å². The average molecular weight is 357 g/mol. The minimum Gasteiger partial charge on any atom is -0.352 e. The van der Waals surface area contributed by atoms with Gasteiger partial charge in [-0.2, -0.15) is 0 Å². The Hall–Kier alpha value is -0.940. The average Bonchev–Trinajstić information content (AvgIpc) is 2.45. The third-order valence-electron chi connectivity index (χ3n) is 4.02. The van der Waals surface area contributed by atoms with E-state index in [4.69, 9.17) is 0 Å². The van der Waals surface area contributed by atoms with Gasteiger partial charge in [-0.1, -0.05) is 6.42 Å². The quantitative estimate of drug-likeness (QED) is 0.817. The van der Waals surface area contributed by atoms with E-state index < -0.39 is 0 Å². The number of hydrogen-bond donors (Lipinski definition) is 1. The molecule has 0 aromatic heterocycles. The lowest BCUT2D eigenvalue weighted by atomic mass is 10.0. The first-order valence-electron chi connectivity index (χ1n) is 7.55. The molecule has 0 radical (unpaired) electrons. The van der Waals surface area contributed by atoms with Crippen molar-refractivity contribution >= 4 is 21.8 Å². The molecule has 1 aliphatic heterocycles. The summed E-state index contributed by atoms with van der Waals surface area (Å²) < 4.78 is 13.5. The monoisotopic (exact) mass is 356 g/mol. The molecule has 2 rings (SSSR count). The van der Waals surface area contributed by atoms with Crippen molar-refractivity contribution in [3.63, 3.8) is 0 Å². The molecule has 1 aromatic rings. The first-order chi connectivity index (χ1) is 10.1. The van der Waals surface area contributed by atoms with Crippen molar-refractivity contribution in [3.05, 3.63) is 34.1 Å². The number of nitrogens with one attached hydrogen (secondary N) is 1. The van der Waals surface area contributed by atoms with Crippen LogP contribution in [0.3, 0.4) is 0 Å². The second kappa shape index (κ2) is 7.90. The second-order valence-corrected chi connectivity index (χ2v) is 6.47. The lowest BCUT2D eigenvalue weighted by Crippen LogP contribution is -2.39. The molecule has 1 saturated heterocycles. The van der Waals surface area contributed by atoms with E-state index in [-0.39, 0.29) is 11.7 Å². The molecule has 1 aromatic carbocycles. The minimum absolute atomic E-state index is 0.159. The number of hydrogen-bond acceptors (Lipinski definition) is 2. The smallest absolute Gasteiger partial charge is 0.252 e. The Morgan fingerprint density at radius 1 is 1.48 bits per heavy atom. The van der Waals surface area contributed by atoms with Crippen LogP contribution in [0.1, 0.15) is 43.0 Å². The maximum atomic E-state index is 13.0. The molecule has 1 aliphatic rings. The third-order valence-corrected chi connectivity index (χ3v) is 4.68. The van der Waals surface area contributed by atoms with Gasteiger partial charge in [0.2, 0.25) is 0 Å². The molecule has 0 unspecified atom stereocenters. The number of nitrogens with zero attached hydrogens (tertiary/aromatic N) is 1. The maximum Gasteiger partial charge on any atom is 0.252 e. The Morgan fingerprint density at radius 2 is 2.29 bits per heavy atom. The molecule has 3 nitrogen and oxygen atoms in total. The first kappa shape index (κ1) is 16.4. The molecule has 1 atom stereocenters. The van der Waals surface area contributed by atoms with Gasteiger partial charge in [0.15, 0.2) is 0 Å². The van der Waals surface area contributed by atoms with Crippen LogP contribution in [0.2, 0.25) is 0 Å². The largest absolute Gasteiger partial charge is 0.352 e. The summed E-state index contributed by atoms with van der Waals surface area (Å²) >= 11 is 3.22. The van der Waals surface area contributed by atoms with Gasteiger partial charge in [-0.25, -0.2) is 4.39 Å². The highest BCUT2D eigenvalue weighted by Crippen LogP contribution is 2.18. The zero-order valence-electron chi connectivity index (χ0n) is 12.4. The van der Waals surface area contributed by atoms with E-state index >= 15 is 0 Å². The Morgan fingerprint density at radius 3 is 3.00 bits per heavy atom. The summed E-state index contributed by atoms with van der Waals surface area (Å²) in [6.45, 7) is 5.10. The number of carbonyl (C=O) groups excluding carboxylic acids is 1. The first-order valence-corrected chi connectivity index (χ1v) is 8.34. The van der Waals surface area contributed by atoms with Gasteiger partial charge in [-0.3, -0.25) is 4.79 Å². The number of likely N-dealkylation sites (tertiary alicyclic amines) is 1. The van der Waals surface area contributed by atoms with E-state index in [9.17, 15) is 9.18 Å². The van der Waals surface area contributed by atoms with Crippen molar-refractivity contribution in [3.8, 4) is 0 Å². The standard InChI is InChI=1S/C16H22BrFN2O/c1-12-5-2-3-9-20(12)10-4-8-19-16(21)14-7-6-13(18)11-15(14)17/h6-7,11-12H,2-5,8-10H2,1H3,(H,19,21)/t12-/m1/s1. The third kappa shape index (κ3) is 4.78. The van der Waals surface area contributed by atoms with E-state index in [0.717, 1.165) is 13.0 Å². The van der Waals surface area contributed by atoms with Crippen LogP contribution in [0, 0.1) is 5.82 Å². The van der Waals surface area contributed by atoms with Crippen LogP contribution in [0.25, 0.3) is 0 Å². The molecule has 0 bridgehead atoms. The Labute approximate surface area is 134 Å². The highest BCUT2D eigenvalue weighted by molar-refractivity contribution is 9.10. The molecule has 21 heavy (non-hydrogen) atoms. The van der Waals surface area contributed by atoms with Gasteiger partial charge in [0.1, 0.15) is 5.82 Å². The normalized spacial score (nSPS) is 19.5. The molecular weight excluding hydrogens is 335 g/mol. The molecule has 0 spiro atoms. The van der Waals surface area contributed by atoms with Crippen LogP contribution in [0.15, 0.2) is 22.7 Å². The minimum atomic E-state index is -0.350. The Bertz CT molecular complexity index is 495. The Kier molecular flexibility index (Phi) is 6.18. The van der Waals surface area contributed by atoms with E-state index in [0.29, 0.717) is 22.6 Å². The molecule has 0 aliphatic carbocycles. The number of piperidine rings is 1. The van der Waals surface area contributed by atoms with Crippen molar-refractivity contribution in [1.29, 1.82) is 0 Å². The molecule has 1 amide bonds. The summed E-state index contributed by atoms with van der Waals surface area (Å²) in [5.41, 5.74) is 0.475. The van der Waals surface area contributed by atoms with Crippen LogP contribution in [-0.4, -0.2) is 36.5 Å². The molecule has 1 heterocycles. The highest BCUT2D eigenvalue weighted by atomic mass is 79.9. The summed E-state index contributed by atoms with van der Waals surface area (Å²) in [6.07, 6.45) is 4.82. The highest BCUT2D eigenvalue weighted by Gasteiger charge is 2.17. The fraction of sp³-hybridized carbons (Fsp3) is 0.562. The van der Waals surface area contributed by atoms with Gasteiger partial charge in [-0.15, -0.1) is 0 Å². The lowest BCUT2D eigenvalue weighted by Gasteiger charge is -2.33. The van der Waals surface area contributed by atoms with Crippen LogP contribution >= 0.6 is 15.9 Å². The van der Waals surface area contributed by atoms with Gasteiger partial charge in [0, 0.05) is 23.6 Å². The van der Waals surface area contributed by atoms with Gasteiger partial charge in [0.25, 0.3) is 5.91 Å². The number of rotatable bonds is 5. The summed E-state index contributed by atoms with van der Waals surface area (Å²) in [5, 5.41) is 2.90. The fourth-order valence-electron chi connectivity index (χ4n) is 2.74. The number of halogens is 2. The molecule has 1 N–H and O–H groups in total. The molecular formula is C16H22BrFN2O. The summed E-state index contributed by atoms with van der Waals surface area (Å²) in [6, 6.07) is 4.77. The van der Waals surface area contributed by atoms with Crippen molar-refractivity contribution < 1.29 is 9.18 Å². The van der Waals surface area contributed by atoms with Crippen LogP contribution in [0.5, 0.6) is 0 Å². The van der Waals surface area contributed by atoms with E-state index in [1.54, 1.807) is 0 Å². The SMILES string of the molecule is C[C@@H]1CCCCN1CCCNC(=O)c1ccc(F)cc1Br. The van der Waals surface area contributed by atoms with E-state index in [1.807, 2.05) is 0 Å². The van der Waals surface area contributed by atoms with E-state index in [1.165, 1.54) is 44.0 Å². The van der Waals surface area contributed by atoms with Crippen molar-refractivity contribution in [2.24, 2.45) is 0 Å². The zero-order chi connectivity index (χ0) is 15.2. The lowest BCUT2D eigenvalue weighted by molar-refractivity contribution is 0.0948. The number of carbonyl (C=O) groups is 1. The number of amides is 1. The molecule has 5 heteroatoms. The van der Waals surface area contributed by atoms with Crippen molar-refractivity contribution in [2.45, 2.75) is 38.6 Å². The van der Waals surface area contributed by atoms with Crippen LogP contribution in [-0.2, 0) is 0 Å². The summed E-state index contributed by atoms with van der Waals surface area (Å²) in [4.78, 5) is 14.5. The predicted molar refractivity (Wildman–Crippen MR) is 85.9 cm³/mol. The van der Waals surface area contributed by atoms with Gasteiger partial charge in [0.05, 0.1) is 5.56 Å². The number of benzene rings is 1. The molecule has 0 saturated carbocycles. The van der Waals surface area contributed by atoms with Gasteiger partial charge < -0.3 is 10.2 Å². The van der Waals surface area contributed by atoms with Crippen molar-refractivity contribution in [2.75, 3.05) is 19.6 Å². The van der Waals surface area contributed by atoms with Crippen LogP contribution in [0.4, 0.5) is 4.39 Å². The predicted octanol–water partition coefficient (Wildman–Crippen LogP) is 3.58. The second-order valence-electron chi connectivity index (χ2n) is 5.61. The topological polar surface area (TPSA) is 32.3 Å². The molecule has 116 valence electrons. The molecule has 1 fully saturated rings. The van der Waals surface area contributed by atoms with Crippen molar-refractivity contribution in [1.82, 2.24) is 10.2 Å². The Balaban J connectivity index is 1.74. The zero-order valence-corrected chi connectivity index (χ0v) is 14.0.